The van der Waals surface area contributed by atoms with Crippen LogP contribution in [0.25, 0.3) is 0 Å². The molecule has 0 spiro atoms. The maximum atomic E-state index is 5.77. The lowest BCUT2D eigenvalue weighted by atomic mass is 10.2. The fourth-order valence-electron chi connectivity index (χ4n) is 2.90. The quantitative estimate of drug-likeness (QED) is 0.725. The molecule has 1 aliphatic rings. The predicted octanol–water partition coefficient (Wildman–Crippen LogP) is 2.71. The molecule has 1 fully saturated rings. The molecule has 7 heteroatoms. The van der Waals surface area contributed by atoms with E-state index in [2.05, 4.69) is 26.7 Å². The smallest absolute Gasteiger partial charge is 0.191 e. The number of thioether (sulfide) groups is 1. The van der Waals surface area contributed by atoms with Crippen molar-refractivity contribution >= 4 is 11.8 Å². The molecule has 3 heterocycles. The normalized spacial score (nSPS) is 18.2. The summed E-state index contributed by atoms with van der Waals surface area (Å²) in [4.78, 5) is 2.19. The van der Waals surface area contributed by atoms with E-state index in [-0.39, 0.29) is 6.10 Å². The summed E-state index contributed by atoms with van der Waals surface area (Å²) in [6, 6.07) is 4.02. The molecule has 6 nitrogen and oxygen atoms in total. The Morgan fingerprint density at radius 1 is 1.35 bits per heavy atom. The number of nitrogens with zero attached hydrogens (tertiary/aromatic N) is 4. The second-order valence-corrected chi connectivity index (χ2v) is 6.81. The van der Waals surface area contributed by atoms with Gasteiger partial charge in [-0.2, -0.15) is 0 Å². The maximum absolute atomic E-state index is 5.77. The summed E-state index contributed by atoms with van der Waals surface area (Å²) >= 11 is 1.63. The highest BCUT2D eigenvalue weighted by atomic mass is 32.2. The van der Waals surface area contributed by atoms with Gasteiger partial charge in [-0.15, -0.1) is 10.2 Å². The molecule has 0 amide bonds. The summed E-state index contributed by atoms with van der Waals surface area (Å²) in [6.45, 7) is 5.17. The molecule has 3 rings (SSSR count). The zero-order chi connectivity index (χ0) is 16.2. The maximum Gasteiger partial charge on any atom is 0.191 e. The summed E-state index contributed by atoms with van der Waals surface area (Å²) in [5, 5.41) is 9.65. The lowest BCUT2D eigenvalue weighted by molar-refractivity contribution is 0.0933. The summed E-state index contributed by atoms with van der Waals surface area (Å²) in [7, 11) is 2.07. The Hall–Kier alpha value is -1.31. The van der Waals surface area contributed by atoms with Crippen LogP contribution in [0.3, 0.4) is 0 Å². The monoisotopic (exact) mass is 336 g/mol. The molecule has 0 aliphatic carbocycles. The van der Waals surface area contributed by atoms with Crippen molar-refractivity contribution in [1.29, 1.82) is 0 Å². The molecular weight excluding hydrogens is 312 g/mol. The SMILES string of the molecule is CSc1nnc(CN(C)Cc2ccc(C)o2)n1CC1CCCO1. The first-order valence-corrected chi connectivity index (χ1v) is 9.19. The summed E-state index contributed by atoms with van der Waals surface area (Å²) in [5.74, 6) is 2.90. The van der Waals surface area contributed by atoms with Gasteiger partial charge in [-0.1, -0.05) is 11.8 Å². The van der Waals surface area contributed by atoms with Gasteiger partial charge in [0.15, 0.2) is 5.16 Å². The minimum atomic E-state index is 0.286. The molecule has 0 N–H and O–H groups in total. The Labute approximate surface area is 141 Å². The Morgan fingerprint density at radius 2 is 2.22 bits per heavy atom. The van der Waals surface area contributed by atoms with E-state index in [9.17, 15) is 0 Å². The Morgan fingerprint density at radius 3 is 2.87 bits per heavy atom. The Balaban J connectivity index is 1.67. The summed E-state index contributed by atoms with van der Waals surface area (Å²) < 4.78 is 13.6. The average Bonchev–Trinajstić information content (AvgIpc) is 3.24. The number of aryl methyl sites for hydroxylation is 1. The first-order valence-electron chi connectivity index (χ1n) is 7.97. The number of hydrogen-bond acceptors (Lipinski definition) is 6. The van der Waals surface area contributed by atoms with Crippen LogP contribution in [0.15, 0.2) is 21.7 Å². The van der Waals surface area contributed by atoms with Gasteiger partial charge in [0, 0.05) is 6.61 Å². The van der Waals surface area contributed by atoms with Gasteiger partial charge < -0.3 is 13.7 Å². The van der Waals surface area contributed by atoms with Crippen LogP contribution in [0.2, 0.25) is 0 Å². The molecule has 23 heavy (non-hydrogen) atoms. The van der Waals surface area contributed by atoms with E-state index in [0.717, 1.165) is 61.6 Å². The van der Waals surface area contributed by atoms with Gasteiger partial charge in [0.05, 0.1) is 25.7 Å². The molecule has 0 aromatic carbocycles. The first kappa shape index (κ1) is 16.5. The van der Waals surface area contributed by atoms with E-state index in [0.29, 0.717) is 0 Å². The highest BCUT2D eigenvalue weighted by Gasteiger charge is 2.21. The van der Waals surface area contributed by atoms with E-state index in [1.165, 1.54) is 0 Å². The highest BCUT2D eigenvalue weighted by molar-refractivity contribution is 7.98. The van der Waals surface area contributed by atoms with E-state index in [4.69, 9.17) is 9.15 Å². The van der Waals surface area contributed by atoms with Crippen LogP contribution in [-0.4, -0.2) is 45.7 Å². The summed E-state index contributed by atoms with van der Waals surface area (Å²) in [6.07, 6.45) is 4.59. The first-order chi connectivity index (χ1) is 11.2. The average molecular weight is 336 g/mol. The lowest BCUT2D eigenvalue weighted by Gasteiger charge is -2.18. The topological polar surface area (TPSA) is 56.3 Å². The van der Waals surface area contributed by atoms with Crippen molar-refractivity contribution in [2.45, 2.75) is 50.7 Å². The minimum Gasteiger partial charge on any atom is -0.465 e. The third-order valence-corrected chi connectivity index (χ3v) is 4.69. The fraction of sp³-hybridized carbons (Fsp3) is 0.625. The largest absolute Gasteiger partial charge is 0.465 e. The van der Waals surface area contributed by atoms with Crippen molar-refractivity contribution < 1.29 is 9.15 Å². The number of aromatic nitrogens is 3. The molecule has 0 bridgehead atoms. The Bertz CT molecular complexity index is 634. The van der Waals surface area contributed by atoms with Crippen molar-refractivity contribution in [2.24, 2.45) is 0 Å². The number of hydrogen-bond donors (Lipinski definition) is 0. The molecule has 0 radical (unpaired) electrons. The molecule has 126 valence electrons. The second kappa shape index (κ2) is 7.51. The fourth-order valence-corrected chi connectivity index (χ4v) is 3.42. The molecule has 2 aromatic rings. The van der Waals surface area contributed by atoms with Gasteiger partial charge >= 0.3 is 0 Å². The molecule has 1 aliphatic heterocycles. The molecule has 1 unspecified atom stereocenters. The van der Waals surface area contributed by atoms with Gasteiger partial charge in [-0.3, -0.25) is 4.90 Å². The molecule has 1 saturated heterocycles. The highest BCUT2D eigenvalue weighted by Crippen LogP contribution is 2.20. The third kappa shape index (κ3) is 4.16. The predicted molar refractivity (Wildman–Crippen MR) is 89.4 cm³/mol. The van der Waals surface area contributed by atoms with E-state index in [1.54, 1.807) is 11.8 Å². The van der Waals surface area contributed by atoms with Crippen molar-refractivity contribution in [3.05, 3.63) is 29.5 Å². The van der Waals surface area contributed by atoms with Gasteiger partial charge in [0.1, 0.15) is 17.3 Å². The van der Waals surface area contributed by atoms with Crippen molar-refractivity contribution in [3.63, 3.8) is 0 Å². The number of furan rings is 1. The Kier molecular flexibility index (Phi) is 5.40. The lowest BCUT2D eigenvalue weighted by Crippen LogP contribution is -2.23. The van der Waals surface area contributed by atoms with Crippen molar-refractivity contribution in [3.8, 4) is 0 Å². The van der Waals surface area contributed by atoms with Crippen LogP contribution in [-0.2, 0) is 24.4 Å². The zero-order valence-electron chi connectivity index (χ0n) is 14.0. The molecular formula is C16H24N4O2S. The van der Waals surface area contributed by atoms with E-state index >= 15 is 0 Å². The van der Waals surface area contributed by atoms with Gasteiger partial charge in [-0.05, 0) is 45.2 Å². The zero-order valence-corrected chi connectivity index (χ0v) is 14.8. The van der Waals surface area contributed by atoms with Gasteiger partial charge in [0.2, 0.25) is 0 Å². The van der Waals surface area contributed by atoms with Crippen molar-refractivity contribution in [2.75, 3.05) is 19.9 Å². The van der Waals surface area contributed by atoms with Crippen LogP contribution in [0, 0.1) is 6.92 Å². The van der Waals surface area contributed by atoms with Crippen LogP contribution in [0.4, 0.5) is 0 Å². The van der Waals surface area contributed by atoms with Crippen LogP contribution in [0.5, 0.6) is 0 Å². The van der Waals surface area contributed by atoms with Gasteiger partial charge in [-0.25, -0.2) is 0 Å². The van der Waals surface area contributed by atoms with E-state index < -0.39 is 0 Å². The molecule has 2 aromatic heterocycles. The third-order valence-electron chi connectivity index (χ3n) is 4.02. The number of rotatable bonds is 7. The molecule has 0 saturated carbocycles. The van der Waals surface area contributed by atoms with Crippen LogP contribution >= 0.6 is 11.8 Å². The number of ether oxygens (including phenoxy) is 1. The van der Waals surface area contributed by atoms with E-state index in [1.807, 2.05) is 25.3 Å². The van der Waals surface area contributed by atoms with Crippen LogP contribution in [0.1, 0.15) is 30.2 Å². The minimum absolute atomic E-state index is 0.286. The van der Waals surface area contributed by atoms with Crippen molar-refractivity contribution in [1.82, 2.24) is 19.7 Å². The van der Waals surface area contributed by atoms with Gasteiger partial charge in [0.25, 0.3) is 0 Å². The molecule has 1 atom stereocenters. The van der Waals surface area contributed by atoms with Crippen LogP contribution < -0.4 is 0 Å². The second-order valence-electron chi connectivity index (χ2n) is 6.03. The summed E-state index contributed by atoms with van der Waals surface area (Å²) in [5.41, 5.74) is 0. The standard InChI is InChI=1S/C16H24N4O2S/c1-12-6-7-14(22-12)9-19(2)11-15-17-18-16(23-3)20(15)10-13-5-4-8-21-13/h6-7,13H,4-5,8-11H2,1-3H3.